The molecule has 0 radical (unpaired) electrons. The number of aromatic amines is 1. The van der Waals surface area contributed by atoms with E-state index >= 15 is 0 Å². The molecule has 0 saturated carbocycles. The summed E-state index contributed by atoms with van der Waals surface area (Å²) in [4.78, 5) is 37.5. The van der Waals surface area contributed by atoms with Crippen LogP contribution < -0.4 is 5.56 Å². The Morgan fingerprint density at radius 2 is 1.74 bits per heavy atom. The third-order valence-corrected chi connectivity index (χ3v) is 5.95. The van der Waals surface area contributed by atoms with Crippen molar-refractivity contribution in [1.82, 2.24) is 19.8 Å². The lowest BCUT2D eigenvalue weighted by molar-refractivity contribution is -0.136. The summed E-state index contributed by atoms with van der Waals surface area (Å²) in [5.74, 6) is 0.634. The van der Waals surface area contributed by atoms with Crippen LogP contribution in [-0.4, -0.2) is 52.4 Å². The number of likely N-dealkylation sites (N-methyl/N-ethyl adjacent to an activating group) is 1. The minimum Gasteiger partial charge on any atom is -0.333 e. The number of aromatic nitrogens is 2. The van der Waals surface area contributed by atoms with Crippen molar-refractivity contribution in [1.29, 1.82) is 0 Å². The largest absolute Gasteiger partial charge is 0.333 e. The summed E-state index contributed by atoms with van der Waals surface area (Å²) in [7, 11) is 2.08. The van der Waals surface area contributed by atoms with Crippen LogP contribution in [0.2, 0.25) is 0 Å². The van der Waals surface area contributed by atoms with Gasteiger partial charge in [-0.1, -0.05) is 60.7 Å². The molecule has 0 bridgehead atoms. The molecule has 1 N–H and O–H groups in total. The van der Waals surface area contributed by atoms with E-state index < -0.39 is 0 Å². The molecule has 0 aliphatic carbocycles. The van der Waals surface area contributed by atoms with Gasteiger partial charge in [0.25, 0.3) is 5.56 Å². The highest BCUT2D eigenvalue weighted by atomic mass is 16.2. The number of nitrogens with zero attached hydrogens (tertiary/aromatic N) is 3. The number of hydrogen-bond donors (Lipinski definition) is 1. The zero-order chi connectivity index (χ0) is 21.8. The van der Waals surface area contributed by atoms with Crippen LogP contribution in [0.1, 0.15) is 29.3 Å². The van der Waals surface area contributed by atoms with Crippen LogP contribution in [0.5, 0.6) is 0 Å². The Morgan fingerprint density at radius 1 is 1.06 bits per heavy atom. The van der Waals surface area contributed by atoms with Crippen LogP contribution in [0, 0.1) is 6.92 Å². The zero-order valence-corrected chi connectivity index (χ0v) is 18.0. The van der Waals surface area contributed by atoms with Crippen molar-refractivity contribution < 1.29 is 4.79 Å². The summed E-state index contributed by atoms with van der Waals surface area (Å²) in [5, 5.41) is 0. The Kier molecular flexibility index (Phi) is 6.28. The van der Waals surface area contributed by atoms with E-state index in [2.05, 4.69) is 34.0 Å². The zero-order valence-electron chi connectivity index (χ0n) is 18.0. The molecule has 1 amide bonds. The molecule has 1 aromatic heterocycles. The number of piperazine rings is 1. The van der Waals surface area contributed by atoms with Gasteiger partial charge < -0.3 is 14.8 Å². The predicted molar refractivity (Wildman–Crippen MR) is 122 cm³/mol. The van der Waals surface area contributed by atoms with E-state index in [-0.39, 0.29) is 17.5 Å². The lowest BCUT2D eigenvalue weighted by Crippen LogP contribution is -2.49. The van der Waals surface area contributed by atoms with E-state index in [1.165, 1.54) is 0 Å². The van der Waals surface area contributed by atoms with Crippen LogP contribution in [0.15, 0.2) is 65.5 Å². The van der Waals surface area contributed by atoms with Gasteiger partial charge in [-0.05, 0) is 26.0 Å². The van der Waals surface area contributed by atoms with Gasteiger partial charge in [-0.25, -0.2) is 4.98 Å². The van der Waals surface area contributed by atoms with E-state index in [1.807, 2.05) is 60.4 Å². The fourth-order valence-electron chi connectivity index (χ4n) is 4.19. The highest BCUT2D eigenvalue weighted by Gasteiger charge is 2.30. The lowest BCUT2D eigenvalue weighted by atomic mass is 10.0. The average molecular weight is 417 g/mol. The first kappa shape index (κ1) is 21.0. The highest BCUT2D eigenvalue weighted by molar-refractivity contribution is 5.77. The summed E-state index contributed by atoms with van der Waals surface area (Å²) in [6, 6.07) is 19.8. The van der Waals surface area contributed by atoms with Crippen molar-refractivity contribution in [2.75, 3.05) is 26.7 Å². The number of carbonyl (C=O) groups excluding carboxylic acids is 1. The maximum atomic E-state index is 13.1. The maximum absolute atomic E-state index is 13.1. The summed E-state index contributed by atoms with van der Waals surface area (Å²) >= 11 is 0. The van der Waals surface area contributed by atoms with Gasteiger partial charge >= 0.3 is 0 Å². The summed E-state index contributed by atoms with van der Waals surface area (Å²) in [5.41, 5.74) is 3.10. The van der Waals surface area contributed by atoms with Crippen molar-refractivity contribution in [3.63, 3.8) is 0 Å². The topological polar surface area (TPSA) is 69.3 Å². The van der Waals surface area contributed by atoms with E-state index in [4.69, 9.17) is 0 Å². The number of rotatable bonds is 5. The van der Waals surface area contributed by atoms with Crippen molar-refractivity contribution in [2.45, 2.75) is 25.8 Å². The van der Waals surface area contributed by atoms with E-state index in [1.54, 1.807) is 0 Å². The first-order valence-corrected chi connectivity index (χ1v) is 10.7. The smallest absolute Gasteiger partial charge is 0.254 e. The Balaban J connectivity index is 1.49. The normalized spacial score (nSPS) is 17.0. The van der Waals surface area contributed by atoms with Crippen LogP contribution in [-0.2, 0) is 11.2 Å². The molecule has 1 aliphatic rings. The molecule has 6 nitrogen and oxygen atoms in total. The van der Waals surface area contributed by atoms with Crippen molar-refractivity contribution >= 4 is 5.91 Å². The van der Waals surface area contributed by atoms with Gasteiger partial charge in [-0.15, -0.1) is 0 Å². The number of H-pyrrole nitrogens is 1. The Labute approximate surface area is 182 Å². The molecule has 0 spiro atoms. The van der Waals surface area contributed by atoms with Crippen LogP contribution in [0.3, 0.4) is 0 Å². The minimum atomic E-state index is -0.169. The number of amides is 1. The number of hydrogen-bond acceptors (Lipinski definition) is 4. The molecule has 2 aromatic carbocycles. The number of nitrogens with one attached hydrogen (secondary N) is 1. The first-order chi connectivity index (χ1) is 15.0. The standard InChI is InChI=1S/C25H28N4O2/c1-18-21(25(31)27-24(26-18)20-11-7-4-8-12-20)13-14-23(30)29-16-15-28(2)17-22(29)19-9-5-3-6-10-19/h3-12,22H,13-17H2,1-2H3,(H,26,27,31)/t22-/m1/s1. The fraction of sp³-hybridized carbons (Fsp3) is 0.320. The second-order valence-corrected chi connectivity index (χ2v) is 8.12. The van der Waals surface area contributed by atoms with Crippen LogP contribution in [0.4, 0.5) is 0 Å². The number of aryl methyl sites for hydroxylation is 1. The van der Waals surface area contributed by atoms with E-state index in [9.17, 15) is 9.59 Å². The average Bonchev–Trinajstić information content (AvgIpc) is 2.79. The molecule has 4 rings (SSSR count). The molecule has 0 unspecified atom stereocenters. The molecule has 1 fully saturated rings. The molecule has 160 valence electrons. The summed E-state index contributed by atoms with van der Waals surface area (Å²) in [6.07, 6.45) is 0.680. The molecular formula is C25H28N4O2. The van der Waals surface area contributed by atoms with Gasteiger partial charge in [0.1, 0.15) is 5.82 Å². The predicted octanol–water partition coefficient (Wildman–Crippen LogP) is 3.19. The maximum Gasteiger partial charge on any atom is 0.254 e. The summed E-state index contributed by atoms with van der Waals surface area (Å²) in [6.45, 7) is 4.18. The Morgan fingerprint density at radius 3 is 2.42 bits per heavy atom. The Bertz CT molecular complexity index is 1100. The van der Waals surface area contributed by atoms with Gasteiger partial charge in [-0.3, -0.25) is 9.59 Å². The molecule has 31 heavy (non-hydrogen) atoms. The second-order valence-electron chi connectivity index (χ2n) is 8.12. The summed E-state index contributed by atoms with van der Waals surface area (Å²) < 4.78 is 0. The molecule has 3 aromatic rings. The number of benzene rings is 2. The quantitative estimate of drug-likeness (QED) is 0.694. The molecule has 1 atom stereocenters. The Hall–Kier alpha value is -3.25. The SMILES string of the molecule is Cc1nc(-c2ccccc2)[nH]c(=O)c1CCC(=O)N1CCN(C)C[C@@H]1c1ccccc1. The molecule has 1 saturated heterocycles. The van der Waals surface area contributed by atoms with Gasteiger partial charge in [0.05, 0.1) is 6.04 Å². The molecule has 2 heterocycles. The monoisotopic (exact) mass is 416 g/mol. The van der Waals surface area contributed by atoms with E-state index in [0.717, 1.165) is 24.2 Å². The minimum absolute atomic E-state index is 0.0328. The lowest BCUT2D eigenvalue weighted by Gasteiger charge is -2.40. The first-order valence-electron chi connectivity index (χ1n) is 10.7. The number of carbonyl (C=O) groups is 1. The van der Waals surface area contributed by atoms with Crippen molar-refractivity contribution in [2.24, 2.45) is 0 Å². The molecule has 6 heteroatoms. The van der Waals surface area contributed by atoms with Crippen LogP contribution >= 0.6 is 0 Å². The molecule has 1 aliphatic heterocycles. The molecular weight excluding hydrogens is 388 g/mol. The highest BCUT2D eigenvalue weighted by Crippen LogP contribution is 2.26. The van der Waals surface area contributed by atoms with Gasteiger partial charge in [0.2, 0.25) is 5.91 Å². The van der Waals surface area contributed by atoms with Gasteiger partial charge in [0.15, 0.2) is 0 Å². The second kappa shape index (κ2) is 9.27. The fourth-order valence-corrected chi connectivity index (χ4v) is 4.19. The van der Waals surface area contributed by atoms with Crippen LogP contribution in [0.25, 0.3) is 11.4 Å². The third-order valence-electron chi connectivity index (χ3n) is 5.95. The van der Waals surface area contributed by atoms with Crippen molar-refractivity contribution in [3.8, 4) is 11.4 Å². The third kappa shape index (κ3) is 4.75. The van der Waals surface area contributed by atoms with Crippen molar-refractivity contribution in [3.05, 3.63) is 87.8 Å². The van der Waals surface area contributed by atoms with E-state index in [0.29, 0.717) is 36.5 Å². The van der Waals surface area contributed by atoms with Gasteiger partial charge in [-0.2, -0.15) is 0 Å². The van der Waals surface area contributed by atoms with Gasteiger partial charge in [0, 0.05) is 42.9 Å².